The van der Waals surface area contributed by atoms with E-state index in [0.29, 0.717) is 0 Å². The molecule has 0 aliphatic carbocycles. The summed E-state index contributed by atoms with van der Waals surface area (Å²) in [5.41, 5.74) is 0. The highest BCUT2D eigenvalue weighted by Gasteiger charge is 2.01. The fourth-order valence-electron chi connectivity index (χ4n) is 0. The topological polar surface area (TPSA) is 92.5 Å². The first-order chi connectivity index (χ1) is 4.06. The van der Waals surface area contributed by atoms with Crippen LogP contribution in [0.1, 0.15) is 13.8 Å². The maximum absolute atomic E-state index is 9.45. The SMILES string of the molecule is C=CC.CC(O)C(=O)O.N. The highest BCUT2D eigenvalue weighted by Crippen LogP contribution is 1.73. The number of carboxylic acids is 1. The molecule has 0 radical (unpaired) electrons. The summed E-state index contributed by atoms with van der Waals surface area (Å²) >= 11 is 0. The molecule has 0 rings (SSSR count). The number of carboxylic acid groups (broad SMARTS) is 1. The molecular weight excluding hydrogens is 134 g/mol. The highest BCUT2D eigenvalue weighted by molar-refractivity contribution is 5.71. The van der Waals surface area contributed by atoms with Gasteiger partial charge in [-0.2, -0.15) is 0 Å². The van der Waals surface area contributed by atoms with E-state index in [0.717, 1.165) is 0 Å². The van der Waals surface area contributed by atoms with Gasteiger partial charge in [0.2, 0.25) is 0 Å². The molecule has 0 saturated heterocycles. The number of carbonyl (C=O) groups is 1. The number of hydrogen-bond donors (Lipinski definition) is 3. The average molecular weight is 149 g/mol. The van der Waals surface area contributed by atoms with Gasteiger partial charge in [-0.25, -0.2) is 4.79 Å². The van der Waals surface area contributed by atoms with Crippen molar-refractivity contribution in [3.63, 3.8) is 0 Å². The molecule has 0 spiro atoms. The van der Waals surface area contributed by atoms with Crippen molar-refractivity contribution in [2.45, 2.75) is 20.0 Å². The third-order valence-electron chi connectivity index (χ3n) is 0.357. The van der Waals surface area contributed by atoms with Crippen LogP contribution in [0, 0.1) is 0 Å². The summed E-state index contributed by atoms with van der Waals surface area (Å²) in [4.78, 5) is 9.45. The van der Waals surface area contributed by atoms with E-state index in [-0.39, 0.29) is 6.15 Å². The lowest BCUT2D eigenvalue weighted by Crippen LogP contribution is -2.13. The summed E-state index contributed by atoms with van der Waals surface area (Å²) in [5.74, 6) is -1.19. The number of aliphatic hydroxyl groups excluding tert-OH is 1. The third-order valence-corrected chi connectivity index (χ3v) is 0.357. The molecule has 0 bridgehead atoms. The van der Waals surface area contributed by atoms with Gasteiger partial charge in [0, 0.05) is 0 Å². The van der Waals surface area contributed by atoms with Crippen molar-refractivity contribution in [2.24, 2.45) is 0 Å². The van der Waals surface area contributed by atoms with Crippen LogP contribution in [0.2, 0.25) is 0 Å². The molecule has 0 saturated carbocycles. The average Bonchev–Trinajstić information content (AvgIpc) is 1.68. The van der Waals surface area contributed by atoms with Crippen molar-refractivity contribution in [2.75, 3.05) is 0 Å². The quantitative estimate of drug-likeness (QED) is 0.481. The number of hydrogen-bond acceptors (Lipinski definition) is 3. The van der Waals surface area contributed by atoms with Gasteiger partial charge in [-0.05, 0) is 13.8 Å². The van der Waals surface area contributed by atoms with Gasteiger partial charge in [0.05, 0.1) is 0 Å². The smallest absolute Gasteiger partial charge is 0.332 e. The molecule has 1 unspecified atom stereocenters. The van der Waals surface area contributed by atoms with Gasteiger partial charge in [-0.1, -0.05) is 6.08 Å². The van der Waals surface area contributed by atoms with Gasteiger partial charge in [0.15, 0.2) is 0 Å². The van der Waals surface area contributed by atoms with Crippen molar-refractivity contribution < 1.29 is 15.0 Å². The van der Waals surface area contributed by atoms with Gasteiger partial charge < -0.3 is 16.4 Å². The van der Waals surface area contributed by atoms with E-state index in [1.807, 2.05) is 6.92 Å². The largest absolute Gasteiger partial charge is 0.479 e. The lowest BCUT2D eigenvalue weighted by atomic mass is 10.4. The first-order valence-corrected chi connectivity index (χ1v) is 2.54. The maximum Gasteiger partial charge on any atom is 0.332 e. The van der Waals surface area contributed by atoms with Crippen molar-refractivity contribution in [3.05, 3.63) is 12.7 Å². The molecule has 62 valence electrons. The molecular formula is C6H15NO3. The number of rotatable bonds is 1. The Morgan fingerprint density at radius 1 is 1.70 bits per heavy atom. The molecule has 0 aromatic carbocycles. The van der Waals surface area contributed by atoms with Gasteiger partial charge in [-0.3, -0.25) is 0 Å². The predicted octanol–water partition coefficient (Wildman–Crippen LogP) is 0.806. The fraction of sp³-hybridized carbons (Fsp3) is 0.500. The standard InChI is InChI=1S/C3H6O3.C3H6.H3N/c1-2(4)3(5)6;1-3-2;/h2,4H,1H3,(H,5,6);3H,1H2,2H3;1H3. The van der Waals surface area contributed by atoms with E-state index < -0.39 is 12.1 Å². The zero-order valence-corrected chi connectivity index (χ0v) is 6.37. The van der Waals surface area contributed by atoms with E-state index in [1.165, 1.54) is 6.92 Å². The van der Waals surface area contributed by atoms with Crippen LogP contribution in [0.15, 0.2) is 12.7 Å². The van der Waals surface area contributed by atoms with Crippen molar-refractivity contribution >= 4 is 5.97 Å². The second-order valence-corrected chi connectivity index (χ2v) is 1.42. The van der Waals surface area contributed by atoms with Crippen molar-refractivity contribution in [1.82, 2.24) is 6.15 Å². The first kappa shape index (κ1) is 16.1. The Morgan fingerprint density at radius 2 is 1.80 bits per heavy atom. The Kier molecular flexibility index (Phi) is 17.7. The maximum atomic E-state index is 9.45. The minimum absolute atomic E-state index is 0. The molecule has 0 heterocycles. The van der Waals surface area contributed by atoms with Gasteiger partial charge in [0.25, 0.3) is 0 Å². The lowest BCUT2D eigenvalue weighted by molar-refractivity contribution is -0.145. The summed E-state index contributed by atoms with van der Waals surface area (Å²) in [6, 6.07) is 0. The summed E-state index contributed by atoms with van der Waals surface area (Å²) < 4.78 is 0. The lowest BCUT2D eigenvalue weighted by Gasteiger charge is -1.89. The molecule has 0 aromatic heterocycles. The predicted molar refractivity (Wildman–Crippen MR) is 40.2 cm³/mol. The minimum atomic E-state index is -1.23. The van der Waals surface area contributed by atoms with Crippen LogP contribution >= 0.6 is 0 Å². The molecule has 0 aliphatic heterocycles. The Balaban J connectivity index is -0.000000107. The van der Waals surface area contributed by atoms with E-state index >= 15 is 0 Å². The molecule has 4 heteroatoms. The van der Waals surface area contributed by atoms with Crippen LogP contribution in [0.4, 0.5) is 0 Å². The van der Waals surface area contributed by atoms with Gasteiger partial charge >= 0.3 is 5.97 Å². The molecule has 0 amide bonds. The summed E-state index contributed by atoms with van der Waals surface area (Å²) in [6.45, 7) is 6.45. The highest BCUT2D eigenvalue weighted by atomic mass is 16.4. The van der Waals surface area contributed by atoms with Crippen LogP contribution in [0.5, 0.6) is 0 Å². The molecule has 1 atom stereocenters. The minimum Gasteiger partial charge on any atom is -0.479 e. The summed E-state index contributed by atoms with van der Waals surface area (Å²) in [5, 5.41) is 15.8. The summed E-state index contributed by atoms with van der Waals surface area (Å²) in [6.07, 6.45) is 0.519. The molecule has 0 fully saturated rings. The van der Waals surface area contributed by atoms with E-state index in [9.17, 15) is 4.79 Å². The molecule has 0 aliphatic rings. The van der Waals surface area contributed by atoms with Gasteiger partial charge in [-0.15, -0.1) is 6.58 Å². The van der Waals surface area contributed by atoms with E-state index in [2.05, 4.69) is 6.58 Å². The molecule has 5 N–H and O–H groups in total. The zero-order chi connectivity index (χ0) is 7.86. The van der Waals surface area contributed by atoms with E-state index in [4.69, 9.17) is 10.2 Å². The Bertz CT molecular complexity index is 91.0. The Morgan fingerprint density at radius 3 is 1.80 bits per heavy atom. The normalized spacial score (nSPS) is 9.50. The molecule has 4 nitrogen and oxygen atoms in total. The zero-order valence-electron chi connectivity index (χ0n) is 6.37. The van der Waals surface area contributed by atoms with E-state index in [1.54, 1.807) is 6.08 Å². The van der Waals surface area contributed by atoms with Gasteiger partial charge in [0.1, 0.15) is 6.10 Å². The first-order valence-electron chi connectivity index (χ1n) is 2.54. The van der Waals surface area contributed by atoms with Crippen LogP contribution in [-0.2, 0) is 4.79 Å². The van der Waals surface area contributed by atoms with Crippen LogP contribution in [0.3, 0.4) is 0 Å². The number of allylic oxidation sites excluding steroid dienone is 1. The Hall–Kier alpha value is -0.870. The second kappa shape index (κ2) is 11.0. The number of aliphatic carboxylic acids is 1. The summed E-state index contributed by atoms with van der Waals surface area (Å²) in [7, 11) is 0. The number of aliphatic hydroxyl groups is 1. The van der Waals surface area contributed by atoms with Crippen molar-refractivity contribution in [3.8, 4) is 0 Å². The van der Waals surface area contributed by atoms with Crippen LogP contribution in [-0.4, -0.2) is 22.3 Å². The monoisotopic (exact) mass is 149 g/mol. The van der Waals surface area contributed by atoms with Crippen LogP contribution in [0.25, 0.3) is 0 Å². The Labute approximate surface area is 60.8 Å². The fourth-order valence-corrected chi connectivity index (χ4v) is 0. The van der Waals surface area contributed by atoms with Crippen molar-refractivity contribution in [1.29, 1.82) is 0 Å². The second-order valence-electron chi connectivity index (χ2n) is 1.42. The molecule has 0 aromatic rings. The third kappa shape index (κ3) is 27.3. The molecule has 10 heavy (non-hydrogen) atoms. The van der Waals surface area contributed by atoms with Crippen LogP contribution < -0.4 is 6.15 Å².